The third kappa shape index (κ3) is 3.52. The highest BCUT2D eigenvalue weighted by atomic mass is 19.2. The van der Waals surface area contributed by atoms with Crippen LogP contribution in [-0.4, -0.2) is 22.4 Å². The van der Waals surface area contributed by atoms with Gasteiger partial charge in [-0.25, -0.2) is 18.7 Å². The van der Waals surface area contributed by atoms with Crippen molar-refractivity contribution in [2.24, 2.45) is 0 Å². The molecule has 3 N–H and O–H groups in total. The molecule has 0 saturated carbocycles. The average molecular weight is 303 g/mol. The van der Waals surface area contributed by atoms with Crippen molar-refractivity contribution >= 4 is 11.7 Å². The Balaban J connectivity index is 1.98. The Labute approximate surface area is 124 Å². The van der Waals surface area contributed by atoms with E-state index >= 15 is 0 Å². The molecule has 0 bridgehead atoms. The van der Waals surface area contributed by atoms with Gasteiger partial charge in [0.25, 0.3) is 5.91 Å². The molecule has 0 aliphatic heterocycles. The number of amides is 1. The summed E-state index contributed by atoms with van der Waals surface area (Å²) in [7, 11) is 0. The molecular formula is C14H11F2N5O. The smallest absolute Gasteiger partial charge is 0.273 e. The van der Waals surface area contributed by atoms with Gasteiger partial charge in [-0.2, -0.15) is 5.26 Å². The summed E-state index contributed by atoms with van der Waals surface area (Å²) in [5.74, 6) is -2.56. The fourth-order valence-electron chi connectivity index (χ4n) is 1.72. The molecule has 6 nitrogen and oxygen atoms in total. The average Bonchev–Trinajstić information content (AvgIpc) is 2.51. The molecule has 0 fully saturated rings. The van der Waals surface area contributed by atoms with Crippen LogP contribution in [0.3, 0.4) is 0 Å². The van der Waals surface area contributed by atoms with Crippen molar-refractivity contribution in [1.82, 2.24) is 15.3 Å². The molecule has 112 valence electrons. The summed E-state index contributed by atoms with van der Waals surface area (Å²) in [6, 6.07) is 5.26. The van der Waals surface area contributed by atoms with Crippen LogP contribution in [0, 0.1) is 23.0 Å². The lowest BCUT2D eigenvalue weighted by atomic mass is 10.1. The molecule has 1 amide bonds. The van der Waals surface area contributed by atoms with Gasteiger partial charge in [0.05, 0.1) is 6.20 Å². The van der Waals surface area contributed by atoms with E-state index in [1.807, 2.05) is 0 Å². The van der Waals surface area contributed by atoms with Gasteiger partial charge in [0.1, 0.15) is 6.07 Å². The van der Waals surface area contributed by atoms with E-state index in [4.69, 9.17) is 11.0 Å². The van der Waals surface area contributed by atoms with Crippen molar-refractivity contribution in [1.29, 1.82) is 5.26 Å². The molecule has 1 heterocycles. The van der Waals surface area contributed by atoms with Crippen LogP contribution in [0.5, 0.6) is 0 Å². The largest absolute Gasteiger partial charge is 0.382 e. The number of carbonyl (C=O) groups is 1. The number of halogens is 2. The fourth-order valence-corrected chi connectivity index (χ4v) is 1.72. The standard InChI is InChI=1S/C14H11F2N5O/c15-10-2-1-8(5-11(10)16)3-4-19-14(22)12-13(18)20-7-9(6-17)21-12/h1-2,5,7H,3-4H2,(H2,18,20)(H,19,22). The van der Waals surface area contributed by atoms with Gasteiger partial charge in [-0.1, -0.05) is 6.07 Å². The molecule has 0 aliphatic carbocycles. The minimum Gasteiger partial charge on any atom is -0.382 e. The van der Waals surface area contributed by atoms with Crippen molar-refractivity contribution in [2.45, 2.75) is 6.42 Å². The van der Waals surface area contributed by atoms with E-state index in [0.717, 1.165) is 18.3 Å². The summed E-state index contributed by atoms with van der Waals surface area (Å²) in [5, 5.41) is 11.2. The number of nitrogens with one attached hydrogen (secondary N) is 1. The normalized spacial score (nSPS) is 10.0. The number of anilines is 1. The van der Waals surface area contributed by atoms with E-state index < -0.39 is 17.5 Å². The van der Waals surface area contributed by atoms with Gasteiger partial charge < -0.3 is 11.1 Å². The molecule has 8 heteroatoms. The number of carbonyl (C=O) groups excluding carboxylic acids is 1. The third-order valence-electron chi connectivity index (χ3n) is 2.81. The molecular weight excluding hydrogens is 292 g/mol. The number of nitrogens with two attached hydrogens (primary N) is 1. The van der Waals surface area contributed by atoms with E-state index in [2.05, 4.69) is 15.3 Å². The maximum atomic E-state index is 13.0. The van der Waals surface area contributed by atoms with Crippen LogP contribution < -0.4 is 11.1 Å². The first-order chi connectivity index (χ1) is 10.5. The van der Waals surface area contributed by atoms with Gasteiger partial charge in [-0.05, 0) is 24.1 Å². The zero-order chi connectivity index (χ0) is 16.1. The molecule has 22 heavy (non-hydrogen) atoms. The minimum absolute atomic E-state index is 0.0278. The molecule has 2 rings (SSSR count). The highest BCUT2D eigenvalue weighted by molar-refractivity contribution is 5.96. The molecule has 2 aromatic rings. The van der Waals surface area contributed by atoms with Crippen LogP contribution in [0.15, 0.2) is 24.4 Å². The quantitative estimate of drug-likeness (QED) is 0.882. The second-order valence-corrected chi connectivity index (χ2v) is 4.36. The molecule has 0 saturated heterocycles. The third-order valence-corrected chi connectivity index (χ3v) is 2.81. The maximum absolute atomic E-state index is 13.0. The number of rotatable bonds is 4. The summed E-state index contributed by atoms with van der Waals surface area (Å²) >= 11 is 0. The van der Waals surface area contributed by atoms with Crippen molar-refractivity contribution in [3.63, 3.8) is 0 Å². The summed E-state index contributed by atoms with van der Waals surface area (Å²) in [4.78, 5) is 19.4. The Morgan fingerprint density at radius 3 is 2.82 bits per heavy atom. The summed E-state index contributed by atoms with van der Waals surface area (Å²) in [5.41, 5.74) is 5.88. The van der Waals surface area contributed by atoms with Gasteiger partial charge in [0.2, 0.25) is 0 Å². The molecule has 0 aliphatic rings. The predicted octanol–water partition coefficient (Wildman–Crippen LogP) is 1.18. The fraction of sp³-hybridized carbons (Fsp3) is 0.143. The van der Waals surface area contributed by atoms with E-state index in [1.165, 1.54) is 6.07 Å². The summed E-state index contributed by atoms with van der Waals surface area (Å²) in [6.45, 7) is 0.168. The SMILES string of the molecule is N#Cc1cnc(N)c(C(=O)NCCc2ccc(F)c(F)c2)n1. The van der Waals surface area contributed by atoms with E-state index in [1.54, 1.807) is 6.07 Å². The van der Waals surface area contributed by atoms with Crippen LogP contribution in [-0.2, 0) is 6.42 Å². The highest BCUT2D eigenvalue weighted by Gasteiger charge is 2.13. The molecule has 1 aromatic carbocycles. The second-order valence-electron chi connectivity index (χ2n) is 4.36. The number of nitrogen functional groups attached to an aromatic ring is 1. The van der Waals surface area contributed by atoms with Gasteiger partial charge in [0, 0.05) is 6.54 Å². The number of aromatic nitrogens is 2. The molecule has 0 atom stereocenters. The van der Waals surface area contributed by atoms with E-state index in [9.17, 15) is 13.6 Å². The number of nitrogens with zero attached hydrogens (tertiary/aromatic N) is 3. The topological polar surface area (TPSA) is 105 Å². The van der Waals surface area contributed by atoms with Crippen LogP contribution >= 0.6 is 0 Å². The summed E-state index contributed by atoms with van der Waals surface area (Å²) in [6.07, 6.45) is 1.46. The van der Waals surface area contributed by atoms with Crippen molar-refractivity contribution in [3.8, 4) is 6.07 Å². The van der Waals surface area contributed by atoms with E-state index in [0.29, 0.717) is 12.0 Å². The van der Waals surface area contributed by atoms with Gasteiger partial charge in [0.15, 0.2) is 28.8 Å². The van der Waals surface area contributed by atoms with Crippen LogP contribution in [0.25, 0.3) is 0 Å². The van der Waals surface area contributed by atoms with Crippen LogP contribution in [0.1, 0.15) is 21.7 Å². The first kappa shape index (κ1) is 15.3. The number of benzene rings is 1. The number of hydrogen-bond donors (Lipinski definition) is 2. The first-order valence-electron chi connectivity index (χ1n) is 6.26. The maximum Gasteiger partial charge on any atom is 0.273 e. The van der Waals surface area contributed by atoms with Crippen LogP contribution in [0.2, 0.25) is 0 Å². The second kappa shape index (κ2) is 6.58. The van der Waals surface area contributed by atoms with Crippen molar-refractivity contribution < 1.29 is 13.6 Å². The molecule has 1 aromatic heterocycles. The van der Waals surface area contributed by atoms with Gasteiger partial charge in [-0.15, -0.1) is 0 Å². The predicted molar refractivity (Wildman–Crippen MR) is 73.6 cm³/mol. The van der Waals surface area contributed by atoms with Crippen molar-refractivity contribution in [2.75, 3.05) is 12.3 Å². The Hall–Kier alpha value is -3.08. The monoisotopic (exact) mass is 303 g/mol. The molecule has 0 spiro atoms. The number of hydrogen-bond acceptors (Lipinski definition) is 5. The lowest BCUT2D eigenvalue weighted by Gasteiger charge is -2.07. The molecule has 0 radical (unpaired) electrons. The number of nitriles is 1. The lowest BCUT2D eigenvalue weighted by molar-refractivity contribution is 0.0949. The summed E-state index contributed by atoms with van der Waals surface area (Å²) < 4.78 is 25.8. The minimum atomic E-state index is -0.944. The Kier molecular flexibility index (Phi) is 4.58. The first-order valence-corrected chi connectivity index (χ1v) is 6.26. The highest BCUT2D eigenvalue weighted by Crippen LogP contribution is 2.09. The Bertz CT molecular complexity index is 757. The van der Waals surface area contributed by atoms with Crippen molar-refractivity contribution in [3.05, 3.63) is 53.0 Å². The Morgan fingerprint density at radius 2 is 2.14 bits per heavy atom. The van der Waals surface area contributed by atoms with E-state index in [-0.39, 0.29) is 23.8 Å². The van der Waals surface area contributed by atoms with Crippen LogP contribution in [0.4, 0.5) is 14.6 Å². The Morgan fingerprint density at radius 1 is 1.36 bits per heavy atom. The zero-order valence-electron chi connectivity index (χ0n) is 11.3. The molecule has 0 unspecified atom stereocenters. The van der Waals surface area contributed by atoms with Gasteiger partial charge >= 0.3 is 0 Å². The zero-order valence-corrected chi connectivity index (χ0v) is 11.3. The van der Waals surface area contributed by atoms with Gasteiger partial charge in [-0.3, -0.25) is 4.79 Å². The lowest BCUT2D eigenvalue weighted by Crippen LogP contribution is -2.28.